The van der Waals surface area contributed by atoms with Crippen molar-refractivity contribution in [1.29, 1.82) is 0 Å². The Bertz CT molecular complexity index is 382. The molecule has 0 aliphatic rings. The van der Waals surface area contributed by atoms with E-state index in [1.165, 1.54) is 0 Å². The molecule has 0 bridgehead atoms. The van der Waals surface area contributed by atoms with Gasteiger partial charge in [0.1, 0.15) is 0 Å². The summed E-state index contributed by atoms with van der Waals surface area (Å²) in [7, 11) is 1.97. The highest BCUT2D eigenvalue weighted by molar-refractivity contribution is 5.75. The van der Waals surface area contributed by atoms with Crippen LogP contribution in [-0.4, -0.2) is 17.0 Å². The predicted octanol–water partition coefficient (Wildman–Crippen LogP) is 1.80. The first-order chi connectivity index (χ1) is 8.43. The molecule has 1 aromatic rings. The van der Waals surface area contributed by atoms with E-state index in [2.05, 4.69) is 19.2 Å². The molecule has 0 saturated carbocycles. The van der Waals surface area contributed by atoms with E-state index in [0.717, 1.165) is 18.4 Å². The summed E-state index contributed by atoms with van der Waals surface area (Å²) >= 11 is 0. The molecule has 0 atom stereocenters. The second-order valence-electron chi connectivity index (χ2n) is 5.66. The van der Waals surface area contributed by atoms with Crippen LogP contribution in [0.3, 0.4) is 0 Å². The van der Waals surface area contributed by atoms with E-state index in [4.69, 9.17) is 5.73 Å². The van der Waals surface area contributed by atoms with Crippen LogP contribution in [0.1, 0.15) is 38.7 Å². The molecular formula is C14H25N3O. The van der Waals surface area contributed by atoms with Crippen molar-refractivity contribution in [3.8, 4) is 0 Å². The van der Waals surface area contributed by atoms with Crippen LogP contribution in [0.2, 0.25) is 0 Å². The third-order valence-corrected chi connectivity index (χ3v) is 3.23. The zero-order chi connectivity index (χ0) is 13.6. The number of nitrogens with two attached hydrogens (primary N) is 1. The van der Waals surface area contributed by atoms with E-state index in [1.807, 2.05) is 30.1 Å². The van der Waals surface area contributed by atoms with Crippen LogP contribution in [0.5, 0.6) is 0 Å². The lowest BCUT2D eigenvalue weighted by Gasteiger charge is -2.23. The maximum Gasteiger partial charge on any atom is 0.220 e. The third kappa shape index (κ3) is 5.36. The van der Waals surface area contributed by atoms with Gasteiger partial charge >= 0.3 is 0 Å². The van der Waals surface area contributed by atoms with Crippen molar-refractivity contribution < 1.29 is 4.79 Å². The van der Waals surface area contributed by atoms with Crippen LogP contribution in [0.15, 0.2) is 18.5 Å². The highest BCUT2D eigenvalue weighted by Gasteiger charge is 2.18. The number of carbonyl (C=O) groups excluding carboxylic acids is 1. The van der Waals surface area contributed by atoms with Crippen LogP contribution in [0, 0.1) is 5.41 Å². The Morgan fingerprint density at radius 2 is 2.17 bits per heavy atom. The van der Waals surface area contributed by atoms with Crippen molar-refractivity contribution in [2.75, 3.05) is 6.54 Å². The van der Waals surface area contributed by atoms with Crippen molar-refractivity contribution >= 4 is 5.91 Å². The molecule has 0 saturated heterocycles. The summed E-state index contributed by atoms with van der Waals surface area (Å²) in [5.74, 6) is 0.115. The van der Waals surface area contributed by atoms with Gasteiger partial charge in [0.05, 0.1) is 0 Å². The lowest BCUT2D eigenvalue weighted by Crippen LogP contribution is -2.25. The number of hydrogen-bond acceptors (Lipinski definition) is 2. The lowest BCUT2D eigenvalue weighted by molar-refractivity contribution is -0.121. The summed E-state index contributed by atoms with van der Waals surface area (Å²) in [4.78, 5) is 11.7. The molecule has 102 valence electrons. The Hall–Kier alpha value is -1.29. The summed E-state index contributed by atoms with van der Waals surface area (Å²) in [6.07, 6.45) is 6.40. The maximum absolute atomic E-state index is 11.7. The molecule has 0 fully saturated rings. The molecule has 0 aliphatic carbocycles. The number of rotatable bonds is 7. The van der Waals surface area contributed by atoms with Crippen molar-refractivity contribution in [3.05, 3.63) is 24.0 Å². The molecule has 0 spiro atoms. The topological polar surface area (TPSA) is 60.0 Å². The van der Waals surface area contributed by atoms with Gasteiger partial charge in [-0.25, -0.2) is 0 Å². The van der Waals surface area contributed by atoms with E-state index < -0.39 is 0 Å². The number of amides is 1. The highest BCUT2D eigenvalue weighted by Crippen LogP contribution is 2.25. The highest BCUT2D eigenvalue weighted by atomic mass is 16.1. The van der Waals surface area contributed by atoms with Gasteiger partial charge in [-0.05, 0) is 36.4 Å². The number of carbonyl (C=O) groups is 1. The molecule has 18 heavy (non-hydrogen) atoms. The number of hydrogen-bond donors (Lipinski definition) is 2. The van der Waals surface area contributed by atoms with E-state index in [-0.39, 0.29) is 11.3 Å². The zero-order valence-electron chi connectivity index (χ0n) is 11.7. The monoisotopic (exact) mass is 251 g/mol. The smallest absolute Gasteiger partial charge is 0.220 e. The van der Waals surface area contributed by atoms with E-state index in [1.54, 1.807) is 0 Å². The van der Waals surface area contributed by atoms with Crippen molar-refractivity contribution in [1.82, 2.24) is 9.88 Å². The van der Waals surface area contributed by atoms with Crippen LogP contribution < -0.4 is 11.1 Å². The molecule has 3 N–H and O–H groups in total. The second-order valence-corrected chi connectivity index (χ2v) is 5.66. The first-order valence-electron chi connectivity index (χ1n) is 6.50. The summed E-state index contributed by atoms with van der Waals surface area (Å²) < 4.78 is 1.98. The fourth-order valence-electron chi connectivity index (χ4n) is 1.92. The Morgan fingerprint density at radius 1 is 1.44 bits per heavy atom. The van der Waals surface area contributed by atoms with Gasteiger partial charge in [0.2, 0.25) is 5.91 Å². The van der Waals surface area contributed by atoms with Gasteiger partial charge < -0.3 is 15.6 Å². The summed E-state index contributed by atoms with van der Waals surface area (Å²) in [6.45, 7) is 5.60. The first-order valence-corrected chi connectivity index (χ1v) is 6.50. The summed E-state index contributed by atoms with van der Waals surface area (Å²) in [6, 6.07) is 2.01. The Labute approximate surface area is 110 Å². The number of nitrogens with one attached hydrogen (secondary N) is 1. The van der Waals surface area contributed by atoms with E-state index >= 15 is 0 Å². The van der Waals surface area contributed by atoms with Gasteiger partial charge in [-0.2, -0.15) is 0 Å². The van der Waals surface area contributed by atoms with Crippen LogP contribution in [0.25, 0.3) is 0 Å². The number of aromatic nitrogens is 1. The normalized spacial score (nSPS) is 11.6. The fraction of sp³-hybridized carbons (Fsp3) is 0.643. The molecule has 0 aliphatic heterocycles. The molecule has 4 heteroatoms. The maximum atomic E-state index is 11.7. The van der Waals surface area contributed by atoms with Gasteiger partial charge in [0.15, 0.2) is 0 Å². The minimum atomic E-state index is 0.115. The lowest BCUT2D eigenvalue weighted by atomic mass is 9.84. The van der Waals surface area contributed by atoms with Gasteiger partial charge in [-0.3, -0.25) is 4.79 Å². The predicted molar refractivity (Wildman–Crippen MR) is 73.9 cm³/mol. The van der Waals surface area contributed by atoms with Crippen LogP contribution in [0.4, 0.5) is 0 Å². The Kier molecular flexibility index (Phi) is 5.41. The Balaban J connectivity index is 2.26. The Morgan fingerprint density at radius 3 is 2.72 bits per heavy atom. The summed E-state index contributed by atoms with van der Waals surface area (Å²) in [5, 5.41) is 2.94. The quantitative estimate of drug-likeness (QED) is 0.776. The van der Waals surface area contributed by atoms with Gasteiger partial charge in [-0.1, -0.05) is 13.8 Å². The first kappa shape index (κ1) is 14.8. The summed E-state index contributed by atoms with van der Waals surface area (Å²) in [5.41, 5.74) is 6.84. The molecule has 0 radical (unpaired) electrons. The van der Waals surface area contributed by atoms with Gasteiger partial charge in [0, 0.05) is 32.4 Å². The van der Waals surface area contributed by atoms with Gasteiger partial charge in [-0.15, -0.1) is 0 Å². The van der Waals surface area contributed by atoms with E-state index in [9.17, 15) is 4.79 Å². The SMILES string of the molecule is Cn1ccc(CNC(=O)CCC(C)(C)CCN)c1. The molecular weight excluding hydrogens is 226 g/mol. The second kappa shape index (κ2) is 6.59. The molecule has 0 aromatic carbocycles. The van der Waals surface area contributed by atoms with Crippen molar-refractivity contribution in [3.63, 3.8) is 0 Å². The largest absolute Gasteiger partial charge is 0.357 e. The average molecular weight is 251 g/mol. The third-order valence-electron chi connectivity index (χ3n) is 3.23. The van der Waals surface area contributed by atoms with E-state index in [0.29, 0.717) is 19.5 Å². The average Bonchev–Trinajstić information content (AvgIpc) is 2.70. The van der Waals surface area contributed by atoms with Gasteiger partial charge in [0.25, 0.3) is 0 Å². The molecule has 1 rings (SSSR count). The fourth-order valence-corrected chi connectivity index (χ4v) is 1.92. The number of nitrogens with zero attached hydrogens (tertiary/aromatic N) is 1. The minimum absolute atomic E-state index is 0.115. The standard InChI is InChI=1S/C14H25N3O/c1-14(2,7-8-15)6-4-13(18)16-10-12-5-9-17(3)11-12/h5,9,11H,4,6-8,10,15H2,1-3H3,(H,16,18). The molecule has 1 amide bonds. The molecule has 4 nitrogen and oxygen atoms in total. The molecule has 1 aromatic heterocycles. The van der Waals surface area contributed by atoms with Crippen LogP contribution >= 0.6 is 0 Å². The number of aryl methyl sites for hydroxylation is 1. The zero-order valence-corrected chi connectivity index (χ0v) is 11.7. The molecule has 0 unspecified atom stereocenters. The molecule has 1 heterocycles. The minimum Gasteiger partial charge on any atom is -0.357 e. The van der Waals surface area contributed by atoms with Crippen molar-refractivity contribution in [2.24, 2.45) is 18.2 Å². The van der Waals surface area contributed by atoms with Crippen molar-refractivity contribution in [2.45, 2.75) is 39.7 Å². The van der Waals surface area contributed by atoms with Crippen LogP contribution in [-0.2, 0) is 18.4 Å².